The van der Waals surface area contributed by atoms with E-state index in [0.717, 1.165) is 0 Å². The summed E-state index contributed by atoms with van der Waals surface area (Å²) in [5.74, 6) is -1.02. The molecule has 0 aliphatic carbocycles. The summed E-state index contributed by atoms with van der Waals surface area (Å²) < 4.78 is 15.1. The van der Waals surface area contributed by atoms with Gasteiger partial charge in [-0.25, -0.2) is 0 Å². The minimum Gasteiger partial charge on any atom is -0.383 e. The molecular formula is C17H31N3O6. The summed E-state index contributed by atoms with van der Waals surface area (Å²) >= 11 is 0. The number of amides is 2. The van der Waals surface area contributed by atoms with Crippen molar-refractivity contribution in [2.24, 2.45) is 11.7 Å². The topological polar surface area (TPSA) is 132 Å². The highest BCUT2D eigenvalue weighted by molar-refractivity contribution is 5.98. The van der Waals surface area contributed by atoms with Crippen LogP contribution in [0.25, 0.3) is 0 Å². The van der Waals surface area contributed by atoms with Crippen LogP contribution in [0.5, 0.6) is 0 Å². The molecule has 0 aromatic heterocycles. The molecule has 150 valence electrons. The Morgan fingerprint density at radius 3 is 2.08 bits per heavy atom. The van der Waals surface area contributed by atoms with E-state index < -0.39 is 35.5 Å². The number of methoxy groups -OCH3 is 2. The van der Waals surface area contributed by atoms with E-state index >= 15 is 0 Å². The van der Waals surface area contributed by atoms with Gasteiger partial charge in [-0.3, -0.25) is 14.4 Å². The summed E-state index contributed by atoms with van der Waals surface area (Å²) in [7, 11) is 2.84. The van der Waals surface area contributed by atoms with Crippen LogP contribution in [0.2, 0.25) is 0 Å². The van der Waals surface area contributed by atoms with Crippen LogP contribution in [-0.2, 0) is 28.6 Å². The summed E-state index contributed by atoms with van der Waals surface area (Å²) in [6.07, 6.45) is 0.473. The number of hydrogen-bond acceptors (Lipinski definition) is 7. The molecule has 1 saturated heterocycles. The van der Waals surface area contributed by atoms with E-state index in [0.29, 0.717) is 13.0 Å². The average molecular weight is 373 g/mol. The number of epoxide rings is 1. The average Bonchev–Trinajstić information content (AvgIpc) is 3.31. The molecule has 26 heavy (non-hydrogen) atoms. The minimum atomic E-state index is -0.967. The number of carbonyl (C=O) groups is 3. The third-order valence-corrected chi connectivity index (χ3v) is 4.09. The van der Waals surface area contributed by atoms with E-state index in [-0.39, 0.29) is 24.9 Å². The van der Waals surface area contributed by atoms with Crippen molar-refractivity contribution in [2.45, 2.75) is 50.9 Å². The Kier molecular flexibility index (Phi) is 8.61. The monoisotopic (exact) mass is 373 g/mol. The van der Waals surface area contributed by atoms with Crippen LogP contribution >= 0.6 is 0 Å². The lowest BCUT2D eigenvalue weighted by Crippen LogP contribution is -2.57. The van der Waals surface area contributed by atoms with Crippen molar-refractivity contribution in [2.75, 3.05) is 34.0 Å². The lowest BCUT2D eigenvalue weighted by atomic mass is 9.93. The van der Waals surface area contributed by atoms with E-state index in [1.807, 2.05) is 13.8 Å². The molecule has 0 aromatic carbocycles. The van der Waals surface area contributed by atoms with Crippen LogP contribution in [0.4, 0.5) is 0 Å². The number of carbonyl (C=O) groups excluding carboxylic acids is 3. The Bertz CT molecular complexity index is 507. The first-order valence-electron chi connectivity index (χ1n) is 8.67. The van der Waals surface area contributed by atoms with Gasteiger partial charge in [0.15, 0.2) is 5.78 Å². The van der Waals surface area contributed by atoms with Crippen molar-refractivity contribution in [1.82, 2.24) is 10.6 Å². The smallest absolute Gasteiger partial charge is 0.245 e. The van der Waals surface area contributed by atoms with Crippen molar-refractivity contribution in [1.29, 1.82) is 0 Å². The molecule has 4 N–H and O–H groups in total. The van der Waals surface area contributed by atoms with Gasteiger partial charge in [-0.15, -0.1) is 0 Å². The molecule has 0 bridgehead atoms. The Labute approximate surface area is 154 Å². The Morgan fingerprint density at radius 2 is 1.62 bits per heavy atom. The van der Waals surface area contributed by atoms with E-state index in [2.05, 4.69) is 10.6 Å². The maximum absolute atomic E-state index is 12.6. The second-order valence-electron chi connectivity index (χ2n) is 7.15. The van der Waals surface area contributed by atoms with Gasteiger partial charge in [0, 0.05) is 14.2 Å². The molecule has 0 radical (unpaired) electrons. The standard InChI is InChI=1S/C17H31N3O6/c1-10(2)6-12(14(21)17(3)9-26-17)19-16(23)13(8-25-5)20-15(22)11(18)7-24-4/h10-13H,6-9,18H2,1-5H3,(H,19,23)(H,20,22)/t11-,12-,13-,17+/m0/s1. The zero-order valence-electron chi connectivity index (χ0n) is 16.2. The second kappa shape index (κ2) is 9.96. The highest BCUT2D eigenvalue weighted by Crippen LogP contribution is 2.29. The number of Topliss-reactive ketones (excluding diaryl/α,β-unsaturated/α-hetero) is 1. The molecule has 9 heteroatoms. The van der Waals surface area contributed by atoms with E-state index in [4.69, 9.17) is 19.9 Å². The third kappa shape index (κ3) is 6.64. The number of rotatable bonds is 12. The largest absolute Gasteiger partial charge is 0.383 e. The van der Waals surface area contributed by atoms with Crippen molar-refractivity contribution < 1.29 is 28.6 Å². The molecule has 9 nitrogen and oxygen atoms in total. The van der Waals surface area contributed by atoms with Crippen molar-refractivity contribution in [3.05, 3.63) is 0 Å². The number of nitrogens with two attached hydrogens (primary N) is 1. The fraction of sp³-hybridized carbons (Fsp3) is 0.824. The van der Waals surface area contributed by atoms with Gasteiger partial charge < -0.3 is 30.6 Å². The van der Waals surface area contributed by atoms with E-state index in [1.165, 1.54) is 14.2 Å². The van der Waals surface area contributed by atoms with Gasteiger partial charge in [-0.1, -0.05) is 13.8 Å². The SMILES string of the molecule is COC[C@H](NC(=O)[C@@H](N)COC)C(=O)N[C@@H](CC(C)C)C(=O)[C@@]1(C)CO1. The van der Waals surface area contributed by atoms with Crippen LogP contribution < -0.4 is 16.4 Å². The Morgan fingerprint density at radius 1 is 1.08 bits per heavy atom. The van der Waals surface area contributed by atoms with Gasteiger partial charge in [0.25, 0.3) is 0 Å². The minimum absolute atomic E-state index is 0.0251. The van der Waals surface area contributed by atoms with Crippen molar-refractivity contribution in [3.63, 3.8) is 0 Å². The van der Waals surface area contributed by atoms with Gasteiger partial charge in [0.05, 0.1) is 25.9 Å². The lowest BCUT2D eigenvalue weighted by molar-refractivity contribution is -0.134. The lowest BCUT2D eigenvalue weighted by Gasteiger charge is -2.25. The summed E-state index contributed by atoms with van der Waals surface area (Å²) in [6.45, 7) is 5.94. The number of nitrogens with one attached hydrogen (secondary N) is 2. The Balaban J connectivity index is 2.78. The summed E-state index contributed by atoms with van der Waals surface area (Å²) in [4.78, 5) is 37.3. The van der Waals surface area contributed by atoms with E-state index in [9.17, 15) is 14.4 Å². The molecule has 1 heterocycles. The summed E-state index contributed by atoms with van der Waals surface area (Å²) in [6, 6.07) is -2.57. The van der Waals surface area contributed by atoms with E-state index in [1.54, 1.807) is 6.92 Å². The molecule has 4 atom stereocenters. The first kappa shape index (κ1) is 22.5. The summed E-state index contributed by atoms with van der Waals surface area (Å²) in [5, 5.41) is 5.25. The molecule has 1 fully saturated rings. The van der Waals surface area contributed by atoms with Crippen LogP contribution in [0, 0.1) is 5.92 Å². The van der Waals surface area contributed by atoms with Gasteiger partial charge in [-0.05, 0) is 19.3 Å². The quantitative estimate of drug-likeness (QED) is 0.373. The summed E-state index contributed by atoms with van der Waals surface area (Å²) in [5.41, 5.74) is 4.83. The molecule has 1 aliphatic heterocycles. The number of ketones is 1. The molecule has 1 aliphatic rings. The number of hydrogen-bond donors (Lipinski definition) is 3. The number of ether oxygens (including phenoxy) is 3. The van der Waals surface area contributed by atoms with Gasteiger partial charge >= 0.3 is 0 Å². The van der Waals surface area contributed by atoms with Crippen LogP contribution in [-0.4, -0.2) is 75.4 Å². The van der Waals surface area contributed by atoms with Crippen LogP contribution in [0.15, 0.2) is 0 Å². The van der Waals surface area contributed by atoms with Crippen LogP contribution in [0.1, 0.15) is 27.2 Å². The molecule has 0 unspecified atom stereocenters. The highest BCUT2D eigenvalue weighted by Gasteiger charge is 2.50. The molecule has 0 spiro atoms. The molecule has 0 saturated carbocycles. The van der Waals surface area contributed by atoms with Gasteiger partial charge in [0.2, 0.25) is 11.8 Å². The van der Waals surface area contributed by atoms with Crippen LogP contribution in [0.3, 0.4) is 0 Å². The molecule has 2 amide bonds. The molecule has 1 rings (SSSR count). The highest BCUT2D eigenvalue weighted by atomic mass is 16.6. The molecule has 0 aromatic rings. The predicted molar refractivity (Wildman–Crippen MR) is 94.4 cm³/mol. The zero-order valence-corrected chi connectivity index (χ0v) is 16.2. The fourth-order valence-electron chi connectivity index (χ4n) is 2.48. The van der Waals surface area contributed by atoms with Gasteiger partial charge in [0.1, 0.15) is 17.7 Å². The second-order valence-corrected chi connectivity index (χ2v) is 7.15. The zero-order chi connectivity index (χ0) is 19.9. The predicted octanol–water partition coefficient (Wildman–Crippen LogP) is -1.02. The maximum atomic E-state index is 12.6. The normalized spacial score (nSPS) is 22.4. The fourth-order valence-corrected chi connectivity index (χ4v) is 2.48. The van der Waals surface area contributed by atoms with Gasteiger partial charge in [-0.2, -0.15) is 0 Å². The molecular weight excluding hydrogens is 342 g/mol. The third-order valence-electron chi connectivity index (χ3n) is 4.09. The maximum Gasteiger partial charge on any atom is 0.245 e. The Hall–Kier alpha value is -1.55. The van der Waals surface area contributed by atoms with Crippen molar-refractivity contribution in [3.8, 4) is 0 Å². The first-order valence-corrected chi connectivity index (χ1v) is 8.67. The first-order chi connectivity index (χ1) is 12.1. The van der Waals surface area contributed by atoms with Crippen molar-refractivity contribution >= 4 is 17.6 Å².